The van der Waals surface area contributed by atoms with Crippen molar-refractivity contribution in [1.82, 2.24) is 0 Å². The molecule has 0 radical (unpaired) electrons. The van der Waals surface area contributed by atoms with Crippen molar-refractivity contribution in [3.63, 3.8) is 0 Å². The van der Waals surface area contributed by atoms with Gasteiger partial charge in [-0.1, -0.05) is 24.3 Å². The Balaban J connectivity index is 1.88. The van der Waals surface area contributed by atoms with Crippen LogP contribution in [0.25, 0.3) is 20.5 Å². The molecule has 0 saturated carbocycles. The third-order valence-electron chi connectivity index (χ3n) is 3.84. The SMILES string of the molecule is N#Cc1cccc(-c2sc3ccccc3c2Oc2ccc(F)cc2)c1. The van der Waals surface area contributed by atoms with Crippen LogP contribution in [0.2, 0.25) is 0 Å². The van der Waals surface area contributed by atoms with Crippen LogP contribution in [0, 0.1) is 17.1 Å². The molecular weight excluding hydrogens is 333 g/mol. The lowest BCUT2D eigenvalue weighted by molar-refractivity contribution is 0.489. The zero-order valence-electron chi connectivity index (χ0n) is 13.1. The molecule has 4 aromatic rings. The number of nitriles is 1. The monoisotopic (exact) mass is 345 g/mol. The summed E-state index contributed by atoms with van der Waals surface area (Å²) in [5.74, 6) is 0.995. The summed E-state index contributed by atoms with van der Waals surface area (Å²) in [6.45, 7) is 0. The first-order chi connectivity index (χ1) is 12.2. The minimum atomic E-state index is -0.301. The highest BCUT2D eigenvalue weighted by atomic mass is 32.1. The van der Waals surface area contributed by atoms with Crippen LogP contribution >= 0.6 is 11.3 Å². The molecule has 1 aromatic heterocycles. The number of rotatable bonds is 3. The van der Waals surface area contributed by atoms with E-state index < -0.39 is 0 Å². The molecule has 0 saturated heterocycles. The van der Waals surface area contributed by atoms with E-state index in [-0.39, 0.29) is 5.82 Å². The van der Waals surface area contributed by atoms with Gasteiger partial charge in [0.2, 0.25) is 0 Å². The number of ether oxygens (including phenoxy) is 1. The minimum Gasteiger partial charge on any atom is -0.455 e. The van der Waals surface area contributed by atoms with Gasteiger partial charge >= 0.3 is 0 Å². The Morgan fingerprint density at radius 3 is 2.52 bits per heavy atom. The second-order valence-electron chi connectivity index (χ2n) is 5.51. The van der Waals surface area contributed by atoms with Gasteiger partial charge in [0.1, 0.15) is 11.6 Å². The number of hydrogen-bond donors (Lipinski definition) is 0. The minimum absolute atomic E-state index is 0.301. The Hall–Kier alpha value is -3.16. The number of benzene rings is 3. The van der Waals surface area contributed by atoms with E-state index in [2.05, 4.69) is 6.07 Å². The largest absolute Gasteiger partial charge is 0.455 e. The van der Waals surface area contributed by atoms with Crippen molar-refractivity contribution in [3.05, 3.63) is 84.2 Å². The Labute approximate surface area is 148 Å². The Morgan fingerprint density at radius 1 is 0.920 bits per heavy atom. The Kier molecular flexibility index (Phi) is 3.93. The molecule has 2 nitrogen and oxygen atoms in total. The molecule has 4 heteroatoms. The van der Waals surface area contributed by atoms with Crippen molar-refractivity contribution in [2.24, 2.45) is 0 Å². The molecule has 3 aromatic carbocycles. The maximum Gasteiger partial charge on any atom is 0.153 e. The summed E-state index contributed by atoms with van der Waals surface area (Å²) in [4.78, 5) is 0.947. The van der Waals surface area contributed by atoms with E-state index in [1.165, 1.54) is 12.1 Å². The van der Waals surface area contributed by atoms with Gasteiger partial charge < -0.3 is 4.74 Å². The zero-order valence-corrected chi connectivity index (χ0v) is 13.9. The Bertz CT molecular complexity index is 1090. The summed E-state index contributed by atoms with van der Waals surface area (Å²) in [6.07, 6.45) is 0. The first-order valence-electron chi connectivity index (χ1n) is 7.70. The predicted octanol–water partition coefficient (Wildman–Crippen LogP) is 6.37. The lowest BCUT2D eigenvalue weighted by atomic mass is 10.1. The number of nitrogens with zero attached hydrogens (tertiary/aromatic N) is 1. The van der Waals surface area contributed by atoms with E-state index in [9.17, 15) is 4.39 Å². The van der Waals surface area contributed by atoms with Gasteiger partial charge in [-0.25, -0.2) is 4.39 Å². The number of hydrogen-bond acceptors (Lipinski definition) is 3. The fraction of sp³-hybridized carbons (Fsp3) is 0. The number of thiophene rings is 1. The summed E-state index contributed by atoms with van der Waals surface area (Å²) >= 11 is 1.61. The van der Waals surface area contributed by atoms with E-state index in [0.29, 0.717) is 11.3 Å². The average Bonchev–Trinajstić information content (AvgIpc) is 3.02. The van der Waals surface area contributed by atoms with E-state index in [1.807, 2.05) is 42.5 Å². The normalized spacial score (nSPS) is 10.6. The molecule has 0 amide bonds. The van der Waals surface area contributed by atoms with Crippen LogP contribution in [-0.4, -0.2) is 0 Å². The van der Waals surface area contributed by atoms with Gasteiger partial charge in [0, 0.05) is 10.1 Å². The number of halogens is 1. The summed E-state index contributed by atoms with van der Waals surface area (Å²) in [6, 6.07) is 23.6. The molecule has 0 spiro atoms. The maximum atomic E-state index is 13.2. The molecule has 1 heterocycles. The zero-order chi connectivity index (χ0) is 17.2. The summed E-state index contributed by atoms with van der Waals surface area (Å²) in [5.41, 5.74) is 1.53. The molecule has 4 rings (SSSR count). The van der Waals surface area contributed by atoms with Crippen LogP contribution in [0.1, 0.15) is 5.56 Å². The molecule has 0 fully saturated rings. The highest BCUT2D eigenvalue weighted by Gasteiger charge is 2.16. The maximum absolute atomic E-state index is 13.2. The van der Waals surface area contributed by atoms with Gasteiger partial charge in [-0.15, -0.1) is 11.3 Å². The highest BCUT2D eigenvalue weighted by Crippen LogP contribution is 2.46. The first kappa shape index (κ1) is 15.4. The smallest absolute Gasteiger partial charge is 0.153 e. The fourth-order valence-electron chi connectivity index (χ4n) is 2.66. The van der Waals surface area contributed by atoms with Crippen molar-refractivity contribution >= 4 is 21.4 Å². The van der Waals surface area contributed by atoms with E-state index in [4.69, 9.17) is 10.00 Å². The van der Waals surface area contributed by atoms with Gasteiger partial charge in [-0.05, 0) is 54.1 Å². The van der Waals surface area contributed by atoms with Crippen LogP contribution in [0.4, 0.5) is 4.39 Å². The third kappa shape index (κ3) is 2.98. The predicted molar refractivity (Wildman–Crippen MR) is 98.5 cm³/mol. The quantitative estimate of drug-likeness (QED) is 0.432. The molecule has 0 aliphatic carbocycles. The molecule has 0 aliphatic rings. The van der Waals surface area contributed by atoms with Gasteiger partial charge in [-0.3, -0.25) is 0 Å². The van der Waals surface area contributed by atoms with Gasteiger partial charge in [0.15, 0.2) is 5.75 Å². The third-order valence-corrected chi connectivity index (χ3v) is 5.04. The molecule has 0 N–H and O–H groups in total. The molecule has 0 bridgehead atoms. The molecular formula is C21H12FNOS. The van der Waals surface area contributed by atoms with Crippen LogP contribution < -0.4 is 4.74 Å². The lowest BCUT2D eigenvalue weighted by Crippen LogP contribution is -1.86. The van der Waals surface area contributed by atoms with Crippen molar-refractivity contribution in [1.29, 1.82) is 5.26 Å². The average molecular weight is 345 g/mol. The van der Waals surface area contributed by atoms with Gasteiger partial charge in [0.05, 0.1) is 16.5 Å². The Morgan fingerprint density at radius 2 is 1.72 bits per heavy atom. The lowest BCUT2D eigenvalue weighted by Gasteiger charge is -2.08. The first-order valence-corrected chi connectivity index (χ1v) is 8.52. The standard InChI is InChI=1S/C21H12FNOS/c22-16-8-10-17(11-9-16)24-20-18-6-1-2-7-19(18)25-21(20)15-5-3-4-14(12-15)13-23/h1-12H. The van der Waals surface area contributed by atoms with E-state index >= 15 is 0 Å². The van der Waals surface area contributed by atoms with Crippen molar-refractivity contribution in [2.45, 2.75) is 0 Å². The molecule has 25 heavy (non-hydrogen) atoms. The van der Waals surface area contributed by atoms with Crippen molar-refractivity contribution < 1.29 is 9.13 Å². The summed E-state index contributed by atoms with van der Waals surface area (Å²) in [7, 11) is 0. The summed E-state index contributed by atoms with van der Waals surface area (Å²) < 4.78 is 20.4. The van der Waals surface area contributed by atoms with E-state index in [1.54, 1.807) is 29.5 Å². The van der Waals surface area contributed by atoms with Crippen LogP contribution in [0.3, 0.4) is 0 Å². The summed E-state index contributed by atoms with van der Waals surface area (Å²) in [5, 5.41) is 10.2. The van der Waals surface area contributed by atoms with Gasteiger partial charge in [0.25, 0.3) is 0 Å². The second-order valence-corrected chi connectivity index (χ2v) is 6.56. The topological polar surface area (TPSA) is 33.0 Å². The molecule has 120 valence electrons. The highest BCUT2D eigenvalue weighted by molar-refractivity contribution is 7.22. The number of fused-ring (bicyclic) bond motifs is 1. The van der Waals surface area contributed by atoms with Crippen LogP contribution in [0.15, 0.2) is 72.8 Å². The second kappa shape index (κ2) is 6.39. The molecule has 0 unspecified atom stereocenters. The van der Waals surface area contributed by atoms with Gasteiger partial charge in [-0.2, -0.15) is 5.26 Å². The van der Waals surface area contributed by atoms with Crippen molar-refractivity contribution in [2.75, 3.05) is 0 Å². The van der Waals surface area contributed by atoms with Crippen molar-refractivity contribution in [3.8, 4) is 28.0 Å². The molecule has 0 aliphatic heterocycles. The van der Waals surface area contributed by atoms with Crippen LogP contribution in [0.5, 0.6) is 11.5 Å². The van der Waals surface area contributed by atoms with Crippen LogP contribution in [-0.2, 0) is 0 Å². The fourth-order valence-corrected chi connectivity index (χ4v) is 3.79. The van der Waals surface area contributed by atoms with E-state index in [0.717, 1.165) is 26.3 Å². The molecule has 0 atom stereocenters.